The molecule has 0 amide bonds. The Bertz CT molecular complexity index is 629. The summed E-state index contributed by atoms with van der Waals surface area (Å²) in [6.07, 6.45) is 3.44. The molecule has 0 radical (unpaired) electrons. The molecule has 1 fully saturated rings. The van der Waals surface area contributed by atoms with Crippen molar-refractivity contribution in [3.8, 4) is 17.6 Å². The van der Waals surface area contributed by atoms with Crippen LogP contribution in [0.15, 0.2) is 18.2 Å². The summed E-state index contributed by atoms with van der Waals surface area (Å²) in [6.45, 7) is 0. The quantitative estimate of drug-likeness (QED) is 0.366. The topological polar surface area (TPSA) is 102 Å². The summed E-state index contributed by atoms with van der Waals surface area (Å²) in [4.78, 5) is 22.6. The molecule has 2 rings (SSSR count). The van der Waals surface area contributed by atoms with E-state index in [1.54, 1.807) is 0 Å². The van der Waals surface area contributed by atoms with Gasteiger partial charge in [-0.25, -0.2) is 4.79 Å². The van der Waals surface area contributed by atoms with E-state index in [2.05, 4.69) is 6.07 Å². The Morgan fingerprint density at radius 1 is 1.32 bits per heavy atom. The van der Waals surface area contributed by atoms with Crippen LogP contribution in [0.1, 0.15) is 32.1 Å². The summed E-state index contributed by atoms with van der Waals surface area (Å²) in [7, 11) is 1.37. The van der Waals surface area contributed by atoms with Gasteiger partial charge in [0.2, 0.25) is 0 Å². The summed E-state index contributed by atoms with van der Waals surface area (Å²) in [5.41, 5.74) is -1.38. The van der Waals surface area contributed by atoms with Gasteiger partial charge in [-0.15, -0.1) is 0 Å². The molecule has 0 bridgehead atoms. The lowest BCUT2D eigenvalue weighted by molar-refractivity contribution is -0.384. The van der Waals surface area contributed by atoms with Gasteiger partial charge in [-0.3, -0.25) is 10.1 Å². The molecule has 0 heterocycles. The van der Waals surface area contributed by atoms with Crippen molar-refractivity contribution < 1.29 is 19.2 Å². The van der Waals surface area contributed by atoms with Gasteiger partial charge in [0.05, 0.1) is 24.2 Å². The highest BCUT2D eigenvalue weighted by Crippen LogP contribution is 2.39. The number of carbonyl (C=O) groups is 1. The number of methoxy groups -OCH3 is 1. The van der Waals surface area contributed by atoms with E-state index in [-0.39, 0.29) is 17.2 Å². The largest absolute Gasteiger partial charge is 0.493 e. The Morgan fingerprint density at radius 3 is 2.55 bits per heavy atom. The Hall–Kier alpha value is -2.62. The number of nitrogens with zero attached hydrogens (tertiary/aromatic N) is 2. The minimum absolute atomic E-state index is 0.0399. The van der Waals surface area contributed by atoms with E-state index in [0.29, 0.717) is 12.8 Å². The second-order valence-corrected chi connectivity index (χ2v) is 5.24. The lowest BCUT2D eigenvalue weighted by atomic mass is 9.75. The summed E-state index contributed by atoms with van der Waals surface area (Å²) in [6, 6.07) is 5.82. The number of non-ortho nitro benzene ring substituents is 1. The minimum atomic E-state index is -1.17. The summed E-state index contributed by atoms with van der Waals surface area (Å²) < 4.78 is 10.3. The number of nitro groups is 1. The molecule has 1 aliphatic carbocycles. The molecule has 7 nitrogen and oxygen atoms in total. The Labute approximate surface area is 127 Å². The average Bonchev–Trinajstić information content (AvgIpc) is 2.55. The molecule has 0 unspecified atom stereocenters. The minimum Gasteiger partial charge on any atom is -0.493 e. The summed E-state index contributed by atoms with van der Waals surface area (Å²) in [5.74, 6) is -0.502. The normalized spacial score (nSPS) is 16.4. The SMILES string of the molecule is COc1ccc([N+](=O)[O-])cc1OC(=O)C1(C#N)CCCCC1. The molecular formula is C15H16N2O5. The second-order valence-electron chi connectivity index (χ2n) is 5.24. The fourth-order valence-electron chi connectivity index (χ4n) is 2.57. The van der Waals surface area contributed by atoms with Crippen LogP contribution in [-0.2, 0) is 4.79 Å². The number of esters is 1. The molecule has 1 aromatic carbocycles. The van der Waals surface area contributed by atoms with Crippen LogP contribution in [0.2, 0.25) is 0 Å². The number of hydrogen-bond acceptors (Lipinski definition) is 6. The third-order valence-corrected chi connectivity index (χ3v) is 3.87. The number of carbonyl (C=O) groups excluding carboxylic acids is 1. The fourth-order valence-corrected chi connectivity index (χ4v) is 2.57. The van der Waals surface area contributed by atoms with Crippen molar-refractivity contribution in [1.29, 1.82) is 5.26 Å². The smallest absolute Gasteiger partial charge is 0.332 e. The van der Waals surface area contributed by atoms with Crippen LogP contribution in [0.4, 0.5) is 5.69 Å². The lowest BCUT2D eigenvalue weighted by Gasteiger charge is -2.28. The third-order valence-electron chi connectivity index (χ3n) is 3.87. The Morgan fingerprint density at radius 2 is 2.00 bits per heavy atom. The standard InChI is InChI=1S/C15H16N2O5/c1-21-12-6-5-11(17(19)20)9-13(12)22-14(18)15(10-16)7-3-2-4-8-15/h5-6,9H,2-4,7-8H2,1H3. The molecule has 0 saturated heterocycles. The molecule has 1 saturated carbocycles. The van der Waals surface area contributed by atoms with Gasteiger partial charge in [-0.2, -0.15) is 5.26 Å². The predicted octanol–water partition coefficient (Wildman–Crippen LogP) is 2.98. The highest BCUT2D eigenvalue weighted by atomic mass is 16.6. The zero-order valence-electron chi connectivity index (χ0n) is 12.2. The first-order chi connectivity index (χ1) is 10.5. The summed E-state index contributed by atoms with van der Waals surface area (Å²) in [5, 5.41) is 20.2. The van der Waals surface area contributed by atoms with Crippen LogP contribution in [0.3, 0.4) is 0 Å². The van der Waals surface area contributed by atoms with Gasteiger partial charge in [0.25, 0.3) is 5.69 Å². The number of hydrogen-bond donors (Lipinski definition) is 0. The molecule has 0 aliphatic heterocycles. The van der Waals surface area contributed by atoms with E-state index in [1.807, 2.05) is 0 Å². The number of nitro benzene ring substituents is 1. The monoisotopic (exact) mass is 304 g/mol. The summed E-state index contributed by atoms with van der Waals surface area (Å²) >= 11 is 0. The second kappa shape index (κ2) is 6.43. The third kappa shape index (κ3) is 3.01. The van der Waals surface area contributed by atoms with Crippen LogP contribution < -0.4 is 9.47 Å². The molecule has 116 valence electrons. The molecule has 1 aliphatic rings. The molecule has 7 heteroatoms. The lowest BCUT2D eigenvalue weighted by Crippen LogP contribution is -2.35. The number of benzene rings is 1. The van der Waals surface area contributed by atoms with E-state index in [0.717, 1.165) is 25.3 Å². The van der Waals surface area contributed by atoms with Gasteiger partial charge < -0.3 is 9.47 Å². The maximum absolute atomic E-state index is 12.4. The first-order valence-electron chi connectivity index (χ1n) is 6.98. The predicted molar refractivity (Wildman–Crippen MR) is 76.4 cm³/mol. The van der Waals surface area contributed by atoms with E-state index >= 15 is 0 Å². The molecule has 22 heavy (non-hydrogen) atoms. The Kier molecular flexibility index (Phi) is 4.61. The van der Waals surface area contributed by atoms with Gasteiger partial charge in [0.15, 0.2) is 16.9 Å². The maximum atomic E-state index is 12.4. The highest BCUT2D eigenvalue weighted by Gasteiger charge is 2.42. The van der Waals surface area contributed by atoms with Crippen LogP contribution in [-0.4, -0.2) is 18.0 Å². The maximum Gasteiger partial charge on any atom is 0.332 e. The van der Waals surface area contributed by atoms with Crippen molar-refractivity contribution in [2.24, 2.45) is 5.41 Å². The first-order valence-corrected chi connectivity index (χ1v) is 6.98. The van der Waals surface area contributed by atoms with Crippen LogP contribution in [0.25, 0.3) is 0 Å². The van der Waals surface area contributed by atoms with Crippen LogP contribution >= 0.6 is 0 Å². The van der Waals surface area contributed by atoms with Crippen molar-refractivity contribution in [3.63, 3.8) is 0 Å². The van der Waals surface area contributed by atoms with E-state index in [4.69, 9.17) is 9.47 Å². The van der Waals surface area contributed by atoms with Crippen molar-refractivity contribution in [3.05, 3.63) is 28.3 Å². The van der Waals surface area contributed by atoms with Gasteiger partial charge >= 0.3 is 5.97 Å². The van der Waals surface area contributed by atoms with E-state index in [9.17, 15) is 20.2 Å². The molecule has 0 N–H and O–H groups in total. The van der Waals surface area contributed by atoms with E-state index in [1.165, 1.54) is 19.2 Å². The number of ether oxygens (including phenoxy) is 2. The first kappa shape index (κ1) is 15.8. The van der Waals surface area contributed by atoms with Crippen molar-refractivity contribution >= 4 is 11.7 Å². The van der Waals surface area contributed by atoms with Gasteiger partial charge in [0, 0.05) is 6.07 Å². The average molecular weight is 304 g/mol. The van der Waals surface area contributed by atoms with Gasteiger partial charge in [-0.1, -0.05) is 19.3 Å². The molecule has 0 aromatic heterocycles. The molecular weight excluding hydrogens is 288 g/mol. The number of nitriles is 1. The van der Waals surface area contributed by atoms with Gasteiger partial charge in [-0.05, 0) is 18.9 Å². The Balaban J connectivity index is 2.29. The highest BCUT2D eigenvalue weighted by molar-refractivity contribution is 5.83. The molecule has 0 atom stereocenters. The molecule has 1 aromatic rings. The van der Waals surface area contributed by atoms with Crippen molar-refractivity contribution in [1.82, 2.24) is 0 Å². The van der Waals surface area contributed by atoms with Crippen LogP contribution in [0, 0.1) is 26.9 Å². The zero-order chi connectivity index (χ0) is 16.2. The van der Waals surface area contributed by atoms with Gasteiger partial charge in [0.1, 0.15) is 0 Å². The van der Waals surface area contributed by atoms with E-state index < -0.39 is 16.3 Å². The van der Waals surface area contributed by atoms with Crippen molar-refractivity contribution in [2.45, 2.75) is 32.1 Å². The molecule has 0 spiro atoms. The number of rotatable bonds is 4. The zero-order valence-corrected chi connectivity index (χ0v) is 12.2. The van der Waals surface area contributed by atoms with Crippen LogP contribution in [0.5, 0.6) is 11.5 Å². The van der Waals surface area contributed by atoms with Crippen molar-refractivity contribution in [2.75, 3.05) is 7.11 Å². The fraction of sp³-hybridized carbons (Fsp3) is 0.467.